The van der Waals surface area contributed by atoms with E-state index in [1.807, 2.05) is 0 Å². The molecule has 0 saturated heterocycles. The van der Waals surface area contributed by atoms with E-state index in [0.717, 1.165) is 72.2 Å². The largest absolute Gasteiger partial charge is 2.00 e. The molecule has 0 bridgehead atoms. The Morgan fingerprint density at radius 2 is 0.581 bits per heavy atom. The van der Waals surface area contributed by atoms with Crippen LogP contribution in [0.3, 0.4) is 0 Å². The summed E-state index contributed by atoms with van der Waals surface area (Å²) in [7, 11) is 0. The van der Waals surface area contributed by atoms with E-state index in [-0.39, 0.29) is 35.3 Å². The van der Waals surface area contributed by atoms with E-state index in [1.54, 1.807) is 0 Å². The van der Waals surface area contributed by atoms with Gasteiger partial charge in [0.05, 0.1) is 0 Å². The van der Waals surface area contributed by atoms with Crippen molar-refractivity contribution in [2.24, 2.45) is 0 Å². The third-order valence-corrected chi connectivity index (χ3v) is 15.2. The predicted octanol–water partition coefficient (Wildman–Crippen LogP) is 23.7. The average molecular weight is 1100 g/mol. The number of aryl methyl sites for hydroxylation is 2. The number of allylic oxidation sites excluding steroid dienone is 2. The second-order valence-corrected chi connectivity index (χ2v) is 21.8. The van der Waals surface area contributed by atoms with Crippen LogP contribution in [0.15, 0.2) is 59.7 Å². The first-order valence-corrected chi connectivity index (χ1v) is 31.3. The van der Waals surface area contributed by atoms with Crippen molar-refractivity contribution in [3.05, 3.63) is 102 Å². The molecule has 0 unspecified atom stereocenters. The van der Waals surface area contributed by atoms with Crippen LogP contribution in [-0.4, -0.2) is 4.70 Å². The fourth-order valence-corrected chi connectivity index (χ4v) is 10.6. The summed E-state index contributed by atoms with van der Waals surface area (Å²) in [5, 5.41) is 0. The van der Waals surface area contributed by atoms with Gasteiger partial charge in [0.25, 0.3) is 0 Å². The molecule has 1 aliphatic heterocycles. The van der Waals surface area contributed by atoms with Gasteiger partial charge >= 0.3 is 20.4 Å². The molecule has 0 saturated carbocycles. The number of unbranched alkanes of at least 4 members (excludes halogenated alkanes) is 39. The number of hydrogen-bond acceptors (Lipinski definition) is 0. The second-order valence-electron chi connectivity index (χ2n) is 21.8. The van der Waals surface area contributed by atoms with Gasteiger partial charge in [-0.1, -0.05) is 313 Å². The van der Waals surface area contributed by atoms with E-state index in [9.17, 15) is 5.53 Å². The molecule has 0 amide bonds. The minimum Gasteiger partial charge on any atom is -0.493 e. The molecule has 0 spiro atoms. The summed E-state index contributed by atoms with van der Waals surface area (Å²) in [6.07, 6.45) is 59.5. The number of hydrogen-bond donors (Lipinski definition) is 0. The topological polar surface area (TPSA) is 25.3 Å². The van der Waals surface area contributed by atoms with Gasteiger partial charge in [-0.3, -0.25) is 0 Å². The quantitative estimate of drug-likeness (QED) is 0.0208. The maximum Gasteiger partial charge on any atom is 2.00 e. The maximum atomic E-state index is 12.4. The van der Waals surface area contributed by atoms with Gasteiger partial charge in [-0.2, -0.15) is 0 Å². The zero-order valence-corrected chi connectivity index (χ0v) is 51.2. The molecule has 3 rings (SSSR count). The Hall–Kier alpha value is -2.70. The van der Waals surface area contributed by atoms with Gasteiger partial charge in [-0.05, 0) is 73.9 Å². The van der Waals surface area contributed by atoms with Crippen molar-refractivity contribution in [1.29, 1.82) is 0 Å². The molecule has 1 heterocycles. The fourth-order valence-electron chi connectivity index (χ4n) is 10.6. The van der Waals surface area contributed by atoms with Crippen molar-refractivity contribution in [1.82, 2.24) is 0 Å². The molecule has 2 aromatic rings. The first-order chi connectivity index (χ1) is 35.1. The molecule has 74 heavy (non-hydrogen) atoms. The van der Waals surface area contributed by atoms with Gasteiger partial charge in [0.1, 0.15) is 11.1 Å². The molecule has 420 valence electrons. The molecule has 1 aliphatic rings. The molecule has 0 N–H and O–H groups in total. The van der Waals surface area contributed by atoms with E-state index in [4.69, 9.17) is 0 Å². The summed E-state index contributed by atoms with van der Waals surface area (Å²) in [5.41, 5.74) is 20.5. The number of benzene rings is 2. The van der Waals surface area contributed by atoms with Crippen molar-refractivity contribution in [3.8, 4) is 23.7 Å². The molecule has 0 aromatic heterocycles. The van der Waals surface area contributed by atoms with Gasteiger partial charge in [0.2, 0.25) is 11.4 Å². The van der Waals surface area contributed by atoms with E-state index in [1.165, 1.54) is 266 Å². The fraction of sp³-hybridized carbons (Fsp3) is 0.690. The normalized spacial score (nSPS) is 12.0. The summed E-state index contributed by atoms with van der Waals surface area (Å²) < 4.78 is 1.45. The Kier molecular flexibility index (Phi) is 49.2. The SMILES string of the molecule is CCCCCCCCCC#CC1=C(c2cccc(CCCCCC)c2)[N+](=[N-])C(c2cccc(CCCCCC)c2)=C1C#CCCCCCCCCCCCCCCCCCCCCCCCCCCCC.[CH3-].[CH3-].[Pd+2]. The van der Waals surface area contributed by atoms with Crippen LogP contribution in [-0.2, 0) is 33.3 Å². The Morgan fingerprint density at radius 3 is 0.851 bits per heavy atom. The molecule has 0 aliphatic carbocycles. The first kappa shape index (κ1) is 71.3. The molecular formula is C71H116N2Pd. The zero-order chi connectivity index (χ0) is 50.5. The standard InChI is InChI=1S/C69H110N2.2CH3.Pd/c1-5-9-13-17-19-21-22-23-24-25-26-27-28-29-30-31-32-33-34-35-36-37-38-39-41-43-45-49-59-67-66(58-48-44-42-40-20-18-14-10-6-2)68(64-56-50-54-62(60-64)52-46-15-11-7-3)71(70)69(67)65-57-51-55-63(61-65)53-47-16-12-8-4;;;/h50-51,54-57,60-61H,5-47,52-53H2,1-4H3;2*1H3;/q;2*-1;+2. The van der Waals surface area contributed by atoms with Gasteiger partial charge in [-0.25, -0.2) is 4.70 Å². The van der Waals surface area contributed by atoms with E-state index in [0.29, 0.717) is 0 Å². The summed E-state index contributed by atoms with van der Waals surface area (Å²) in [6, 6.07) is 17.7. The average Bonchev–Trinajstić information content (AvgIpc) is 3.66. The smallest absolute Gasteiger partial charge is 0.493 e. The molecular weight excluding hydrogens is 987 g/mol. The summed E-state index contributed by atoms with van der Waals surface area (Å²) in [5.74, 6) is 14.5. The van der Waals surface area contributed by atoms with Crippen LogP contribution in [0, 0.1) is 38.5 Å². The molecule has 3 heteroatoms. The molecule has 0 fully saturated rings. The van der Waals surface area contributed by atoms with E-state index in [2.05, 4.69) is 99.9 Å². The third kappa shape index (κ3) is 33.5. The van der Waals surface area contributed by atoms with Crippen LogP contribution < -0.4 is 0 Å². The van der Waals surface area contributed by atoms with Crippen LogP contribution in [0.25, 0.3) is 16.9 Å². The third-order valence-electron chi connectivity index (χ3n) is 15.2. The molecule has 2 nitrogen and oxygen atoms in total. The Balaban J connectivity index is 0.0000178. The van der Waals surface area contributed by atoms with Crippen LogP contribution in [0.2, 0.25) is 0 Å². The first-order valence-electron chi connectivity index (χ1n) is 31.3. The summed E-state index contributed by atoms with van der Waals surface area (Å²) >= 11 is 0. The summed E-state index contributed by atoms with van der Waals surface area (Å²) in [4.78, 5) is 0. The van der Waals surface area contributed by atoms with Crippen molar-refractivity contribution >= 4 is 11.4 Å². The monoisotopic (exact) mass is 1100 g/mol. The van der Waals surface area contributed by atoms with E-state index < -0.39 is 0 Å². The number of rotatable bonds is 45. The molecule has 0 radical (unpaired) electrons. The Bertz CT molecular complexity index is 1840. The zero-order valence-electron chi connectivity index (χ0n) is 49.6. The van der Waals surface area contributed by atoms with Crippen LogP contribution in [0.4, 0.5) is 0 Å². The Labute approximate surface area is 476 Å². The predicted molar refractivity (Wildman–Crippen MR) is 327 cm³/mol. The van der Waals surface area contributed by atoms with Crippen molar-refractivity contribution in [2.45, 2.75) is 317 Å². The minimum absolute atomic E-state index is 0. The van der Waals surface area contributed by atoms with Crippen LogP contribution in [0.1, 0.15) is 326 Å². The van der Waals surface area contributed by atoms with Crippen molar-refractivity contribution in [3.63, 3.8) is 0 Å². The van der Waals surface area contributed by atoms with Gasteiger partial charge in [0.15, 0.2) is 0 Å². The molecule has 2 aromatic carbocycles. The van der Waals surface area contributed by atoms with Crippen molar-refractivity contribution in [2.75, 3.05) is 0 Å². The van der Waals surface area contributed by atoms with E-state index >= 15 is 0 Å². The number of nitrogens with zero attached hydrogens (tertiary/aromatic N) is 2. The van der Waals surface area contributed by atoms with Crippen LogP contribution in [0.5, 0.6) is 0 Å². The van der Waals surface area contributed by atoms with Gasteiger partial charge in [-0.15, -0.1) is 0 Å². The minimum atomic E-state index is 0. The molecule has 0 atom stereocenters. The van der Waals surface area contributed by atoms with Gasteiger partial charge in [0, 0.05) is 24.0 Å². The van der Waals surface area contributed by atoms with Gasteiger partial charge < -0.3 is 20.4 Å². The van der Waals surface area contributed by atoms with Crippen molar-refractivity contribution < 1.29 is 25.1 Å². The second kappa shape index (κ2) is 51.1. The maximum absolute atomic E-state index is 12.4. The Morgan fingerprint density at radius 1 is 0.338 bits per heavy atom. The van der Waals surface area contributed by atoms with Crippen LogP contribution >= 0.6 is 0 Å². The summed E-state index contributed by atoms with van der Waals surface area (Å²) in [6.45, 7) is 9.14.